The van der Waals surface area contributed by atoms with Crippen molar-refractivity contribution in [3.05, 3.63) is 53.1 Å². The number of carbonyl (C=O) groups is 1. The lowest BCUT2D eigenvalue weighted by atomic mass is 10.1. The lowest BCUT2D eigenvalue weighted by molar-refractivity contribution is -0.121. The minimum Gasteiger partial charge on any atom is -0.269 e. The first kappa shape index (κ1) is 11.9. The van der Waals surface area contributed by atoms with Crippen LogP contribution in [0.3, 0.4) is 0 Å². The summed E-state index contributed by atoms with van der Waals surface area (Å²) < 4.78 is 0. The number of fused-ring (bicyclic) bond motifs is 1. The maximum absolute atomic E-state index is 12.4. The Morgan fingerprint density at radius 2 is 2.11 bits per heavy atom. The van der Waals surface area contributed by atoms with Gasteiger partial charge in [0.2, 0.25) is 0 Å². The number of rotatable bonds is 1. The van der Waals surface area contributed by atoms with Crippen molar-refractivity contribution in [1.82, 2.24) is 4.90 Å². The van der Waals surface area contributed by atoms with E-state index in [1.54, 1.807) is 18.1 Å². The van der Waals surface area contributed by atoms with Gasteiger partial charge in [-0.25, -0.2) is 4.99 Å². The van der Waals surface area contributed by atoms with Gasteiger partial charge in [-0.15, -0.1) is 0 Å². The van der Waals surface area contributed by atoms with Gasteiger partial charge in [0.25, 0.3) is 5.91 Å². The summed E-state index contributed by atoms with van der Waals surface area (Å²) in [6, 6.07) is 9.70. The van der Waals surface area contributed by atoms with Gasteiger partial charge in [0.05, 0.1) is 5.57 Å². The molecule has 0 N–H and O–H groups in total. The van der Waals surface area contributed by atoms with Gasteiger partial charge in [-0.3, -0.25) is 14.7 Å². The third-order valence-corrected chi connectivity index (χ3v) is 3.56. The molecule has 0 radical (unpaired) electrons. The lowest BCUT2D eigenvalue weighted by Crippen LogP contribution is -2.36. The Labute approximate surface area is 115 Å². The normalized spacial score (nSPS) is 22.1. The van der Waals surface area contributed by atoms with Crippen LogP contribution in [0.5, 0.6) is 0 Å². The van der Waals surface area contributed by atoms with E-state index in [1.165, 1.54) is 11.8 Å². The zero-order chi connectivity index (χ0) is 13.2. The van der Waals surface area contributed by atoms with Gasteiger partial charge in [-0.1, -0.05) is 42.1 Å². The largest absolute Gasteiger partial charge is 0.269 e. The molecule has 0 spiro atoms. The van der Waals surface area contributed by atoms with E-state index < -0.39 is 0 Å². The van der Waals surface area contributed by atoms with Crippen LogP contribution in [0.4, 0.5) is 0 Å². The summed E-state index contributed by atoms with van der Waals surface area (Å²) in [5.74, 6) is 0.395. The number of nitrogens with zero attached hydrogens (tertiary/aromatic N) is 3. The molecule has 3 rings (SSSR count). The van der Waals surface area contributed by atoms with Crippen molar-refractivity contribution in [3.8, 4) is 0 Å². The zero-order valence-electron chi connectivity index (χ0n) is 10.3. The van der Waals surface area contributed by atoms with Crippen LogP contribution in [0.25, 0.3) is 6.08 Å². The van der Waals surface area contributed by atoms with Gasteiger partial charge in [-0.2, -0.15) is 0 Å². The maximum Gasteiger partial charge on any atom is 0.267 e. The Kier molecular flexibility index (Phi) is 3.05. The van der Waals surface area contributed by atoms with E-state index in [4.69, 9.17) is 0 Å². The van der Waals surface area contributed by atoms with Crippen molar-refractivity contribution >= 4 is 34.7 Å². The number of carbonyl (C=O) groups excluding carboxylic acids is 1. The van der Waals surface area contributed by atoms with Gasteiger partial charge in [0.15, 0.2) is 11.0 Å². The molecule has 1 aromatic carbocycles. The van der Waals surface area contributed by atoms with E-state index in [0.29, 0.717) is 16.6 Å². The fraction of sp³-hybridized carbons (Fsp3) is 0.0714. The Hall–Kier alpha value is -2.14. The molecule has 2 heterocycles. The number of amides is 1. The first-order valence-electron chi connectivity index (χ1n) is 5.79. The predicted molar refractivity (Wildman–Crippen MR) is 78.8 cm³/mol. The molecule has 19 heavy (non-hydrogen) atoms. The van der Waals surface area contributed by atoms with E-state index in [0.717, 1.165) is 5.56 Å². The van der Waals surface area contributed by atoms with Gasteiger partial charge in [-0.05, 0) is 17.0 Å². The smallest absolute Gasteiger partial charge is 0.267 e. The van der Waals surface area contributed by atoms with Crippen molar-refractivity contribution in [3.63, 3.8) is 0 Å². The molecule has 94 valence electrons. The highest BCUT2D eigenvalue weighted by molar-refractivity contribution is 8.16. The van der Waals surface area contributed by atoms with Crippen molar-refractivity contribution in [2.75, 3.05) is 7.05 Å². The molecule has 0 fully saturated rings. The van der Waals surface area contributed by atoms with Crippen molar-refractivity contribution < 1.29 is 4.79 Å². The molecule has 2 aliphatic rings. The first-order valence-corrected chi connectivity index (χ1v) is 6.67. The van der Waals surface area contributed by atoms with E-state index in [2.05, 4.69) is 9.98 Å². The number of amidine groups is 2. The quantitative estimate of drug-likeness (QED) is 0.735. The molecular formula is C14H11N3OS. The third-order valence-electron chi connectivity index (χ3n) is 2.80. The summed E-state index contributed by atoms with van der Waals surface area (Å²) in [4.78, 5) is 22.5. The molecule has 0 aromatic heterocycles. The summed E-state index contributed by atoms with van der Waals surface area (Å²) in [7, 11) is 1.65. The Balaban J connectivity index is 2.08. The van der Waals surface area contributed by atoms with Crippen LogP contribution < -0.4 is 0 Å². The second-order valence-electron chi connectivity index (χ2n) is 3.99. The third kappa shape index (κ3) is 2.13. The maximum atomic E-state index is 12.4. The number of thioether (sulfide) groups is 1. The fourth-order valence-electron chi connectivity index (χ4n) is 1.90. The molecule has 5 heteroatoms. The number of benzene rings is 1. The molecule has 4 nitrogen and oxygen atoms in total. The van der Waals surface area contributed by atoms with E-state index >= 15 is 0 Å². The summed E-state index contributed by atoms with van der Waals surface area (Å²) in [5, 5.41) is 2.51. The van der Waals surface area contributed by atoms with Crippen LogP contribution in [0.2, 0.25) is 0 Å². The summed E-state index contributed by atoms with van der Waals surface area (Å²) in [6.45, 7) is 0. The van der Waals surface area contributed by atoms with Gasteiger partial charge in [0.1, 0.15) is 0 Å². The standard InChI is InChI=1S/C14H11N3OS/c1-15-12-11(9-10-5-3-2-4-6-10)13(18)17-7-8-19-14(17)16-12/h2-9H,1H3/b11-9-,15-12?. The number of hydrogen-bond donors (Lipinski definition) is 0. The first-order chi connectivity index (χ1) is 9.29. The fourth-order valence-corrected chi connectivity index (χ4v) is 2.60. The monoisotopic (exact) mass is 269 g/mol. The summed E-state index contributed by atoms with van der Waals surface area (Å²) in [6.07, 6.45) is 3.55. The molecule has 0 atom stereocenters. The highest BCUT2D eigenvalue weighted by atomic mass is 32.2. The SMILES string of the molecule is CN=C1N=C2SC=CN2C(=O)/C1=C\c1ccccc1. The van der Waals surface area contributed by atoms with Crippen LogP contribution in [-0.4, -0.2) is 28.9 Å². The summed E-state index contributed by atoms with van der Waals surface area (Å²) in [5.41, 5.74) is 1.48. The highest BCUT2D eigenvalue weighted by Gasteiger charge is 2.32. The van der Waals surface area contributed by atoms with Crippen LogP contribution in [-0.2, 0) is 4.79 Å². The van der Waals surface area contributed by atoms with E-state index in [9.17, 15) is 4.79 Å². The second-order valence-corrected chi connectivity index (χ2v) is 4.86. The van der Waals surface area contributed by atoms with E-state index in [1.807, 2.05) is 41.8 Å². The van der Waals surface area contributed by atoms with E-state index in [-0.39, 0.29) is 5.91 Å². The molecule has 0 unspecified atom stereocenters. The minimum atomic E-state index is -0.0873. The van der Waals surface area contributed by atoms with Gasteiger partial charge in [0, 0.05) is 13.2 Å². The van der Waals surface area contributed by atoms with Crippen molar-refractivity contribution in [2.24, 2.45) is 9.98 Å². The van der Waals surface area contributed by atoms with Crippen LogP contribution in [0, 0.1) is 0 Å². The van der Waals surface area contributed by atoms with Gasteiger partial charge < -0.3 is 0 Å². The molecule has 1 aromatic rings. The Bertz CT molecular complexity index is 644. The van der Waals surface area contributed by atoms with Gasteiger partial charge >= 0.3 is 0 Å². The molecule has 1 amide bonds. The predicted octanol–water partition coefficient (Wildman–Crippen LogP) is 2.51. The molecule has 2 aliphatic heterocycles. The molecule has 0 aliphatic carbocycles. The second kappa shape index (κ2) is 4.85. The van der Waals surface area contributed by atoms with Crippen molar-refractivity contribution in [1.29, 1.82) is 0 Å². The van der Waals surface area contributed by atoms with Crippen molar-refractivity contribution in [2.45, 2.75) is 0 Å². The number of aliphatic imine (C=N–C) groups is 2. The Morgan fingerprint density at radius 3 is 2.84 bits per heavy atom. The average molecular weight is 269 g/mol. The Morgan fingerprint density at radius 1 is 1.32 bits per heavy atom. The molecule has 0 bridgehead atoms. The lowest BCUT2D eigenvalue weighted by Gasteiger charge is -2.21. The van der Waals surface area contributed by atoms with Crippen LogP contribution in [0.15, 0.2) is 57.5 Å². The topological polar surface area (TPSA) is 45.0 Å². The highest BCUT2D eigenvalue weighted by Crippen LogP contribution is 2.27. The molecular weight excluding hydrogens is 258 g/mol. The van der Waals surface area contributed by atoms with Crippen LogP contribution in [0.1, 0.15) is 5.56 Å². The summed E-state index contributed by atoms with van der Waals surface area (Å²) >= 11 is 1.42. The minimum absolute atomic E-state index is 0.0873. The van der Waals surface area contributed by atoms with Crippen LogP contribution >= 0.6 is 11.8 Å². The average Bonchev–Trinajstić information content (AvgIpc) is 2.91. The molecule has 0 saturated heterocycles. The molecule has 0 saturated carbocycles. The zero-order valence-corrected chi connectivity index (χ0v) is 11.1. The number of hydrogen-bond acceptors (Lipinski definition) is 3.